The standard InChI is InChI=1S/C25H21Cl2N5O2/c1-32(2)24-17(25(33)30-19-10-11-34-20-9-4-3-6-15(19)20)12-28-22-16(13-29-31-23(22)24)14-7-5-8-18(26)21(14)27/h3-9,12-13,19H,10-11H2,1-2H3,(H,30,33)/t19-/m0/s1. The topological polar surface area (TPSA) is 80.2 Å². The van der Waals surface area contributed by atoms with Gasteiger partial charge in [-0.1, -0.05) is 53.5 Å². The highest BCUT2D eigenvalue weighted by molar-refractivity contribution is 6.43. The van der Waals surface area contributed by atoms with E-state index < -0.39 is 0 Å². The van der Waals surface area contributed by atoms with E-state index in [4.69, 9.17) is 27.9 Å². The van der Waals surface area contributed by atoms with Crippen LogP contribution in [-0.2, 0) is 0 Å². The van der Waals surface area contributed by atoms with Crippen molar-refractivity contribution >= 4 is 45.8 Å². The van der Waals surface area contributed by atoms with Gasteiger partial charge in [0.05, 0.1) is 40.1 Å². The van der Waals surface area contributed by atoms with Crippen molar-refractivity contribution in [2.75, 3.05) is 25.6 Å². The smallest absolute Gasteiger partial charge is 0.255 e. The predicted octanol–water partition coefficient (Wildman–Crippen LogP) is 5.32. The molecule has 0 radical (unpaired) electrons. The molecule has 2 aromatic heterocycles. The zero-order chi connectivity index (χ0) is 23.8. The summed E-state index contributed by atoms with van der Waals surface area (Å²) >= 11 is 12.7. The van der Waals surface area contributed by atoms with Gasteiger partial charge in [-0.2, -0.15) is 5.10 Å². The summed E-state index contributed by atoms with van der Waals surface area (Å²) in [6, 6.07) is 13.0. The first-order valence-electron chi connectivity index (χ1n) is 10.7. The monoisotopic (exact) mass is 493 g/mol. The van der Waals surface area contributed by atoms with Crippen molar-refractivity contribution in [1.29, 1.82) is 0 Å². The fraction of sp³-hybridized carbons (Fsp3) is 0.200. The van der Waals surface area contributed by atoms with Crippen LogP contribution in [0, 0.1) is 0 Å². The van der Waals surface area contributed by atoms with Gasteiger partial charge < -0.3 is 15.0 Å². The fourth-order valence-electron chi connectivity index (χ4n) is 4.24. The van der Waals surface area contributed by atoms with E-state index in [9.17, 15) is 4.79 Å². The van der Waals surface area contributed by atoms with Gasteiger partial charge in [-0.05, 0) is 12.1 Å². The molecule has 4 aromatic rings. The molecule has 1 aliphatic heterocycles. The van der Waals surface area contributed by atoms with Gasteiger partial charge in [-0.15, -0.1) is 5.10 Å². The summed E-state index contributed by atoms with van der Waals surface area (Å²) in [6.45, 7) is 0.535. The molecule has 1 aliphatic rings. The Morgan fingerprint density at radius 3 is 2.71 bits per heavy atom. The molecule has 0 fully saturated rings. The molecular weight excluding hydrogens is 473 g/mol. The predicted molar refractivity (Wildman–Crippen MR) is 134 cm³/mol. The number of benzene rings is 2. The summed E-state index contributed by atoms with van der Waals surface area (Å²) < 4.78 is 5.72. The first kappa shape index (κ1) is 22.4. The van der Waals surface area contributed by atoms with Crippen molar-refractivity contribution in [3.63, 3.8) is 0 Å². The van der Waals surface area contributed by atoms with Crippen LogP contribution in [0.5, 0.6) is 5.75 Å². The second kappa shape index (κ2) is 9.08. The molecule has 2 aromatic carbocycles. The van der Waals surface area contributed by atoms with Crippen molar-refractivity contribution < 1.29 is 9.53 Å². The van der Waals surface area contributed by atoms with Crippen LogP contribution in [0.3, 0.4) is 0 Å². The Balaban J connectivity index is 1.59. The largest absolute Gasteiger partial charge is 0.493 e. The molecule has 7 nitrogen and oxygen atoms in total. The minimum Gasteiger partial charge on any atom is -0.493 e. The first-order valence-corrected chi connectivity index (χ1v) is 11.5. The number of nitrogens with zero attached hydrogens (tertiary/aromatic N) is 4. The number of pyridine rings is 1. The number of hydrogen-bond acceptors (Lipinski definition) is 6. The highest BCUT2D eigenvalue weighted by Crippen LogP contribution is 2.38. The molecule has 1 N–H and O–H groups in total. The molecule has 0 bridgehead atoms. The van der Waals surface area contributed by atoms with Gasteiger partial charge in [0, 0.05) is 43.4 Å². The molecule has 9 heteroatoms. The molecule has 0 saturated heterocycles. The van der Waals surface area contributed by atoms with Crippen molar-refractivity contribution in [1.82, 2.24) is 20.5 Å². The number of nitrogens with one attached hydrogen (secondary N) is 1. The first-order chi connectivity index (χ1) is 16.5. The van der Waals surface area contributed by atoms with Gasteiger partial charge >= 0.3 is 0 Å². The minimum absolute atomic E-state index is 0.161. The molecule has 3 heterocycles. The minimum atomic E-state index is -0.243. The highest BCUT2D eigenvalue weighted by Gasteiger charge is 2.26. The third-order valence-corrected chi connectivity index (χ3v) is 6.64. The quantitative estimate of drug-likeness (QED) is 0.414. The third kappa shape index (κ3) is 3.91. The zero-order valence-corrected chi connectivity index (χ0v) is 20.1. The van der Waals surface area contributed by atoms with E-state index in [-0.39, 0.29) is 11.9 Å². The van der Waals surface area contributed by atoms with Crippen LogP contribution in [-0.4, -0.2) is 41.8 Å². The molecule has 1 atom stereocenters. The van der Waals surface area contributed by atoms with E-state index in [1.54, 1.807) is 18.5 Å². The van der Waals surface area contributed by atoms with E-state index >= 15 is 0 Å². The number of para-hydroxylation sites is 1. The maximum Gasteiger partial charge on any atom is 0.255 e. The van der Waals surface area contributed by atoms with E-state index in [2.05, 4.69) is 20.5 Å². The molecule has 0 aliphatic carbocycles. The van der Waals surface area contributed by atoms with Crippen LogP contribution in [0.4, 0.5) is 5.69 Å². The Kier molecular flexibility index (Phi) is 5.98. The van der Waals surface area contributed by atoms with Crippen molar-refractivity contribution in [2.24, 2.45) is 0 Å². The third-order valence-electron chi connectivity index (χ3n) is 5.82. The van der Waals surface area contributed by atoms with Crippen LogP contribution in [0.2, 0.25) is 10.0 Å². The Labute approximate surface area is 206 Å². The second-order valence-electron chi connectivity index (χ2n) is 8.17. The van der Waals surface area contributed by atoms with Gasteiger partial charge in [-0.3, -0.25) is 9.78 Å². The lowest BCUT2D eigenvalue weighted by atomic mass is 10.00. The van der Waals surface area contributed by atoms with Gasteiger partial charge in [0.15, 0.2) is 0 Å². The van der Waals surface area contributed by atoms with Crippen LogP contribution >= 0.6 is 23.2 Å². The molecular formula is C25H21Cl2N5O2. The average molecular weight is 494 g/mol. The Hall–Kier alpha value is -3.42. The lowest BCUT2D eigenvalue weighted by Crippen LogP contribution is -2.33. The lowest BCUT2D eigenvalue weighted by molar-refractivity contribution is 0.0925. The number of rotatable bonds is 4. The van der Waals surface area contributed by atoms with Crippen molar-refractivity contribution in [3.05, 3.63) is 76.0 Å². The SMILES string of the molecule is CN(C)c1c(C(=O)N[C@H]2CCOc3ccccc32)cnc2c(-c3cccc(Cl)c3Cl)cnnc12. The van der Waals surface area contributed by atoms with Gasteiger partial charge in [0.2, 0.25) is 0 Å². The average Bonchev–Trinajstić information content (AvgIpc) is 2.84. The maximum atomic E-state index is 13.4. The summed E-state index contributed by atoms with van der Waals surface area (Å²) in [7, 11) is 3.71. The number of aromatic nitrogens is 3. The molecule has 0 unspecified atom stereocenters. The normalized spacial score (nSPS) is 14.9. The number of hydrogen-bond donors (Lipinski definition) is 1. The van der Waals surface area contributed by atoms with E-state index in [0.717, 1.165) is 11.3 Å². The number of carbonyl (C=O) groups excluding carboxylic acids is 1. The molecule has 172 valence electrons. The summed E-state index contributed by atoms with van der Waals surface area (Å²) in [5, 5.41) is 12.5. The molecule has 1 amide bonds. The van der Waals surface area contributed by atoms with Crippen molar-refractivity contribution in [3.8, 4) is 16.9 Å². The van der Waals surface area contributed by atoms with Crippen LogP contribution in [0.15, 0.2) is 54.9 Å². The molecule has 0 saturated carbocycles. The summed E-state index contributed by atoms with van der Waals surface area (Å²) in [6.07, 6.45) is 3.85. The maximum absolute atomic E-state index is 13.4. The summed E-state index contributed by atoms with van der Waals surface area (Å²) in [5.41, 5.74) is 4.45. The van der Waals surface area contributed by atoms with Crippen LogP contribution in [0.1, 0.15) is 28.4 Å². The number of carbonyl (C=O) groups is 1. The van der Waals surface area contributed by atoms with E-state index in [0.29, 0.717) is 56.5 Å². The number of amides is 1. The summed E-state index contributed by atoms with van der Waals surface area (Å²) in [5.74, 6) is 0.547. The molecule has 0 spiro atoms. The fourth-order valence-corrected chi connectivity index (χ4v) is 4.65. The molecule has 5 rings (SSSR count). The Morgan fingerprint density at radius 2 is 1.88 bits per heavy atom. The van der Waals surface area contributed by atoms with E-state index in [1.165, 1.54) is 0 Å². The number of halogens is 2. The number of ether oxygens (including phenoxy) is 1. The van der Waals surface area contributed by atoms with Crippen molar-refractivity contribution in [2.45, 2.75) is 12.5 Å². The lowest BCUT2D eigenvalue weighted by Gasteiger charge is -2.27. The van der Waals surface area contributed by atoms with Crippen LogP contribution < -0.4 is 15.0 Å². The molecule has 34 heavy (non-hydrogen) atoms. The second-order valence-corrected chi connectivity index (χ2v) is 8.96. The highest BCUT2D eigenvalue weighted by atomic mass is 35.5. The number of anilines is 1. The van der Waals surface area contributed by atoms with Crippen LogP contribution in [0.25, 0.3) is 22.2 Å². The Bertz CT molecular complexity index is 1410. The Morgan fingerprint density at radius 1 is 1.06 bits per heavy atom. The van der Waals surface area contributed by atoms with Gasteiger partial charge in [0.25, 0.3) is 5.91 Å². The van der Waals surface area contributed by atoms with Gasteiger partial charge in [-0.25, -0.2) is 0 Å². The zero-order valence-electron chi connectivity index (χ0n) is 18.5. The summed E-state index contributed by atoms with van der Waals surface area (Å²) in [4.78, 5) is 19.9. The van der Waals surface area contributed by atoms with E-state index in [1.807, 2.05) is 55.4 Å². The number of fused-ring (bicyclic) bond motifs is 2. The van der Waals surface area contributed by atoms with Gasteiger partial charge in [0.1, 0.15) is 16.8 Å².